The molecule has 0 aromatic heterocycles. The highest BCUT2D eigenvalue weighted by molar-refractivity contribution is 6.04. The molecule has 0 unspecified atom stereocenters. The molecule has 0 bridgehead atoms. The number of fused-ring (bicyclic) bond motifs is 2. The van der Waals surface area contributed by atoms with Crippen molar-refractivity contribution in [3.05, 3.63) is 59.2 Å². The summed E-state index contributed by atoms with van der Waals surface area (Å²) in [6, 6.07) is 11.1. The van der Waals surface area contributed by atoms with Crippen LogP contribution >= 0.6 is 0 Å². The highest BCUT2D eigenvalue weighted by Gasteiger charge is 2.46. The Labute approximate surface area is 264 Å². The minimum atomic E-state index is -1.01. The molecular weight excluding hydrogens is 576 g/mol. The number of carbonyl (C=O) groups is 3. The lowest BCUT2D eigenvalue weighted by molar-refractivity contribution is -0.133. The lowest BCUT2D eigenvalue weighted by Gasteiger charge is -2.46. The molecule has 242 valence electrons. The maximum atomic E-state index is 13.9. The third kappa shape index (κ3) is 6.49. The van der Waals surface area contributed by atoms with Gasteiger partial charge in [-0.15, -0.1) is 4.99 Å². The van der Waals surface area contributed by atoms with E-state index >= 15 is 0 Å². The number of benzene rings is 2. The van der Waals surface area contributed by atoms with Gasteiger partial charge in [0, 0.05) is 28.7 Å². The van der Waals surface area contributed by atoms with E-state index in [9.17, 15) is 19.5 Å². The van der Waals surface area contributed by atoms with Crippen molar-refractivity contribution in [1.82, 2.24) is 15.5 Å². The zero-order valence-electron chi connectivity index (χ0n) is 27.1. The Kier molecular flexibility index (Phi) is 8.61. The molecule has 2 aromatic carbocycles. The molecular formula is C34H44N4O7. The van der Waals surface area contributed by atoms with Crippen LogP contribution in [0, 0.1) is 0 Å². The summed E-state index contributed by atoms with van der Waals surface area (Å²) < 4.78 is 17.4. The Morgan fingerprint density at radius 2 is 1.82 bits per heavy atom. The number of nitrogens with one attached hydrogen (secondary N) is 2. The maximum absolute atomic E-state index is 13.9. The number of aliphatic hydroxyl groups is 1. The number of nitrogens with zero attached hydrogens (tertiary/aromatic N) is 2. The van der Waals surface area contributed by atoms with Gasteiger partial charge in [-0.3, -0.25) is 14.5 Å². The topological polar surface area (TPSA) is 139 Å². The van der Waals surface area contributed by atoms with Gasteiger partial charge in [0.25, 0.3) is 5.91 Å². The minimum absolute atomic E-state index is 0.126. The summed E-state index contributed by atoms with van der Waals surface area (Å²) in [4.78, 5) is 46.3. The van der Waals surface area contributed by atoms with Crippen molar-refractivity contribution < 1.29 is 33.7 Å². The summed E-state index contributed by atoms with van der Waals surface area (Å²) in [5.74, 6) is 0.672. The number of ether oxygens (including phenoxy) is 3. The van der Waals surface area contributed by atoms with Gasteiger partial charge in [0.15, 0.2) is 0 Å². The molecule has 3 amide bonds. The van der Waals surface area contributed by atoms with Gasteiger partial charge in [0.2, 0.25) is 11.9 Å². The molecule has 11 heteroatoms. The van der Waals surface area contributed by atoms with Crippen LogP contribution in [0.2, 0.25) is 0 Å². The van der Waals surface area contributed by atoms with E-state index in [4.69, 9.17) is 14.2 Å². The molecule has 5 rings (SSSR count). The van der Waals surface area contributed by atoms with Crippen LogP contribution in [0.25, 0.3) is 0 Å². The molecule has 3 heterocycles. The number of hydrogen-bond donors (Lipinski definition) is 3. The number of aliphatic hydroxyl groups excluding tert-OH is 1. The average molecular weight is 621 g/mol. The second-order valence-electron chi connectivity index (χ2n) is 13.5. The molecule has 11 nitrogen and oxygen atoms in total. The van der Waals surface area contributed by atoms with Gasteiger partial charge in [0.1, 0.15) is 28.8 Å². The molecule has 3 aliphatic heterocycles. The van der Waals surface area contributed by atoms with Gasteiger partial charge >= 0.3 is 6.09 Å². The highest BCUT2D eigenvalue weighted by Crippen LogP contribution is 2.42. The minimum Gasteiger partial charge on any atom is -0.493 e. The molecule has 1 saturated heterocycles. The first kappa shape index (κ1) is 32.3. The lowest BCUT2D eigenvalue weighted by atomic mass is 9.85. The monoisotopic (exact) mass is 620 g/mol. The number of rotatable bonds is 5. The van der Waals surface area contributed by atoms with Crippen LogP contribution in [0.15, 0.2) is 47.5 Å². The summed E-state index contributed by atoms with van der Waals surface area (Å²) >= 11 is 0. The predicted octanol–water partition coefficient (Wildman–Crippen LogP) is 5.19. The Morgan fingerprint density at radius 3 is 2.51 bits per heavy atom. The van der Waals surface area contributed by atoms with Gasteiger partial charge in [-0.05, 0) is 71.7 Å². The Balaban J connectivity index is 1.49. The number of guanidine groups is 1. The molecule has 0 aliphatic carbocycles. The SMILES string of the molecule is CCC1(CC)CC(=O)N([C@@H]2CCOc3ccc(C(=O)N[C@@H]4c5ccccc5OC(C)(C)[C@H]4O)cc32)/C(=N/C(=O)OC(C)(C)C)N1. The third-order valence-corrected chi connectivity index (χ3v) is 8.84. The average Bonchev–Trinajstić information content (AvgIpc) is 2.97. The normalized spacial score (nSPS) is 24.4. The number of carbonyl (C=O) groups excluding carboxylic acids is 3. The zero-order valence-corrected chi connectivity index (χ0v) is 27.1. The van der Waals surface area contributed by atoms with E-state index in [2.05, 4.69) is 15.6 Å². The zero-order chi connectivity index (χ0) is 32.7. The Hall–Kier alpha value is -4.12. The first-order valence-corrected chi connectivity index (χ1v) is 15.6. The third-order valence-electron chi connectivity index (χ3n) is 8.84. The molecule has 0 saturated carbocycles. The first-order valence-electron chi connectivity index (χ1n) is 15.6. The fourth-order valence-electron chi connectivity index (χ4n) is 6.20. The van der Waals surface area contributed by atoms with Gasteiger partial charge in [0.05, 0.1) is 25.1 Å². The summed E-state index contributed by atoms with van der Waals surface area (Å²) in [5, 5.41) is 17.6. The molecule has 45 heavy (non-hydrogen) atoms. The van der Waals surface area contributed by atoms with Gasteiger partial charge in [-0.2, -0.15) is 0 Å². The molecule has 3 aliphatic rings. The lowest BCUT2D eigenvalue weighted by Crippen LogP contribution is -2.63. The quantitative estimate of drug-likeness (QED) is 0.416. The van der Waals surface area contributed by atoms with Crippen molar-refractivity contribution in [2.24, 2.45) is 4.99 Å². The van der Waals surface area contributed by atoms with Crippen molar-refractivity contribution in [1.29, 1.82) is 0 Å². The van der Waals surface area contributed by atoms with E-state index in [0.29, 0.717) is 54.1 Å². The molecule has 0 spiro atoms. The van der Waals surface area contributed by atoms with E-state index in [0.717, 1.165) is 0 Å². The molecule has 2 aromatic rings. The van der Waals surface area contributed by atoms with Crippen LogP contribution < -0.4 is 20.1 Å². The van der Waals surface area contributed by atoms with Gasteiger partial charge in [-0.1, -0.05) is 32.0 Å². The summed E-state index contributed by atoms with van der Waals surface area (Å²) in [6.07, 6.45) is 0.142. The van der Waals surface area contributed by atoms with Gasteiger partial charge in [-0.25, -0.2) is 4.79 Å². The van der Waals surface area contributed by atoms with Crippen molar-refractivity contribution in [3.8, 4) is 11.5 Å². The van der Waals surface area contributed by atoms with E-state index in [1.54, 1.807) is 52.8 Å². The molecule has 0 radical (unpaired) electrons. The van der Waals surface area contributed by atoms with Gasteiger partial charge < -0.3 is 30.0 Å². The summed E-state index contributed by atoms with van der Waals surface area (Å²) in [7, 11) is 0. The van der Waals surface area contributed by atoms with Crippen molar-refractivity contribution in [2.75, 3.05) is 6.61 Å². The smallest absolute Gasteiger partial charge is 0.437 e. The number of amides is 3. The predicted molar refractivity (Wildman–Crippen MR) is 168 cm³/mol. The first-order chi connectivity index (χ1) is 21.2. The van der Waals surface area contributed by atoms with E-state index in [1.807, 2.05) is 38.1 Å². The molecule has 1 fully saturated rings. The van der Waals surface area contributed by atoms with Crippen molar-refractivity contribution in [2.45, 2.75) is 109 Å². The van der Waals surface area contributed by atoms with E-state index < -0.39 is 46.9 Å². The van der Waals surface area contributed by atoms with Crippen LogP contribution in [0.5, 0.6) is 11.5 Å². The molecule has 3 atom stereocenters. The highest BCUT2D eigenvalue weighted by atomic mass is 16.6. The van der Waals surface area contributed by atoms with Crippen LogP contribution in [-0.4, -0.2) is 63.3 Å². The van der Waals surface area contributed by atoms with Crippen LogP contribution in [-0.2, 0) is 9.53 Å². The number of para-hydroxylation sites is 1. The maximum Gasteiger partial charge on any atom is 0.437 e. The fourth-order valence-corrected chi connectivity index (χ4v) is 6.20. The van der Waals surface area contributed by atoms with Crippen LogP contribution in [0.4, 0.5) is 4.79 Å². The Morgan fingerprint density at radius 1 is 1.11 bits per heavy atom. The van der Waals surface area contributed by atoms with Crippen LogP contribution in [0.1, 0.15) is 108 Å². The second-order valence-corrected chi connectivity index (χ2v) is 13.5. The Bertz CT molecular complexity index is 1510. The fraction of sp³-hybridized carbons (Fsp3) is 0.529. The number of hydrogen-bond acceptors (Lipinski definition) is 7. The van der Waals surface area contributed by atoms with Crippen molar-refractivity contribution in [3.63, 3.8) is 0 Å². The largest absolute Gasteiger partial charge is 0.493 e. The standard InChI is InChI=1S/C34H44N4O7/c1-8-34(9-2)19-26(39)38(30(37-34)36-31(42)45-32(3,4)5)23-16-17-43-24-15-14-20(18-22(23)24)29(41)35-27-21-12-10-11-13-25(21)44-33(6,7)28(27)40/h10-15,18,23,27-28,40H,8-9,16-17,19H2,1-7H3,(H,35,41)(H,36,37,42)/t23-,27-,28+/m1/s1. The number of aliphatic imine (C=N–C) groups is 1. The van der Waals surface area contributed by atoms with E-state index in [-0.39, 0.29) is 18.3 Å². The van der Waals surface area contributed by atoms with Crippen LogP contribution in [0.3, 0.4) is 0 Å². The molecule has 3 N–H and O–H groups in total. The summed E-state index contributed by atoms with van der Waals surface area (Å²) in [6.45, 7) is 13.1. The van der Waals surface area contributed by atoms with E-state index in [1.165, 1.54) is 4.90 Å². The second kappa shape index (κ2) is 12.0. The summed E-state index contributed by atoms with van der Waals surface area (Å²) in [5.41, 5.74) is -0.622. The van der Waals surface area contributed by atoms with Crippen molar-refractivity contribution >= 4 is 23.9 Å².